The van der Waals surface area contributed by atoms with Gasteiger partial charge in [0.15, 0.2) is 5.65 Å². The van der Waals surface area contributed by atoms with Gasteiger partial charge in [-0.1, -0.05) is 0 Å². The zero-order chi connectivity index (χ0) is 23.8. The van der Waals surface area contributed by atoms with Crippen molar-refractivity contribution < 1.29 is 17.9 Å². The Hall–Kier alpha value is -4.23. The van der Waals surface area contributed by atoms with Crippen molar-refractivity contribution in [3.05, 3.63) is 52.9 Å². The Morgan fingerprint density at radius 2 is 2.00 bits per heavy atom. The van der Waals surface area contributed by atoms with Crippen molar-refractivity contribution in [2.45, 2.75) is 32.5 Å². The maximum absolute atomic E-state index is 13.4. The van der Waals surface area contributed by atoms with Gasteiger partial charge >= 0.3 is 6.18 Å². The zero-order valence-electron chi connectivity index (χ0n) is 18.2. The van der Waals surface area contributed by atoms with Crippen molar-refractivity contribution in [2.75, 3.05) is 0 Å². The smallest absolute Gasteiger partial charge is 0.418 e. The second-order valence-corrected chi connectivity index (χ2v) is 7.95. The van der Waals surface area contributed by atoms with Crippen molar-refractivity contribution in [3.63, 3.8) is 0 Å². The molecule has 1 N–H and O–H groups in total. The standard InChI is InChI=1S/C20H17F3N10O/c1-4-32-12(20(21,22)23)5-11(29-32)16-26-17-15-14(10-6-25-31(3)7-10)13-9(2)27-28-19(13)34-18(15)24-8-33(17)30-16/h5-8,14H,4H2,1-3H3,(H,27,28)/t14-/m1/s1. The summed E-state index contributed by atoms with van der Waals surface area (Å²) >= 11 is 0. The highest BCUT2D eigenvalue weighted by Gasteiger charge is 2.38. The maximum atomic E-state index is 13.4. The van der Waals surface area contributed by atoms with Crippen LogP contribution in [0.5, 0.6) is 11.8 Å². The Labute approximate surface area is 189 Å². The number of hydrogen-bond acceptors (Lipinski definition) is 7. The van der Waals surface area contributed by atoms with Crippen LogP contribution in [0.3, 0.4) is 0 Å². The molecule has 1 atom stereocenters. The molecule has 174 valence electrons. The van der Waals surface area contributed by atoms with Crippen LogP contribution in [0.25, 0.3) is 17.2 Å². The van der Waals surface area contributed by atoms with Crippen molar-refractivity contribution in [1.29, 1.82) is 0 Å². The molecule has 6 heterocycles. The third kappa shape index (κ3) is 2.90. The molecular formula is C20H17F3N10O. The number of alkyl halides is 3. The van der Waals surface area contributed by atoms with Gasteiger partial charge in [0.25, 0.3) is 0 Å². The van der Waals surface area contributed by atoms with Crippen molar-refractivity contribution in [2.24, 2.45) is 7.05 Å². The van der Waals surface area contributed by atoms with Gasteiger partial charge in [0, 0.05) is 36.6 Å². The number of aryl methyl sites for hydroxylation is 3. The SMILES string of the molecule is CCn1nc(-c2nc3c4c(ncn3n2)Oc2n[nH]c(C)c2[C@H]4c2cnn(C)c2)cc1C(F)(F)F. The summed E-state index contributed by atoms with van der Waals surface area (Å²) in [6.45, 7) is 3.52. The molecule has 0 spiro atoms. The Bertz CT molecular complexity index is 1560. The van der Waals surface area contributed by atoms with Gasteiger partial charge in [-0.05, 0) is 19.9 Å². The van der Waals surface area contributed by atoms with Crippen LogP contribution in [0.1, 0.15) is 40.9 Å². The lowest BCUT2D eigenvalue weighted by atomic mass is 9.86. The van der Waals surface area contributed by atoms with E-state index in [1.54, 1.807) is 17.8 Å². The molecule has 0 aliphatic carbocycles. The van der Waals surface area contributed by atoms with Gasteiger partial charge in [-0.25, -0.2) is 14.5 Å². The molecule has 0 saturated carbocycles. The number of aromatic nitrogens is 10. The van der Waals surface area contributed by atoms with Crippen LogP contribution in [0, 0.1) is 6.92 Å². The lowest BCUT2D eigenvalue weighted by molar-refractivity contribution is -0.144. The van der Waals surface area contributed by atoms with Crippen LogP contribution < -0.4 is 4.74 Å². The second kappa shape index (κ2) is 6.88. The molecule has 0 unspecified atom stereocenters. The van der Waals surface area contributed by atoms with E-state index in [4.69, 9.17) is 4.74 Å². The average Bonchev–Trinajstić information content (AvgIpc) is 3.57. The molecule has 0 fully saturated rings. The highest BCUT2D eigenvalue weighted by atomic mass is 19.4. The third-order valence-electron chi connectivity index (χ3n) is 5.77. The first kappa shape index (κ1) is 20.4. The van der Waals surface area contributed by atoms with E-state index >= 15 is 0 Å². The van der Waals surface area contributed by atoms with Crippen molar-refractivity contribution in [3.8, 4) is 23.3 Å². The summed E-state index contributed by atoms with van der Waals surface area (Å²) in [5.41, 5.74) is 2.60. The largest absolute Gasteiger partial charge is 0.433 e. The van der Waals surface area contributed by atoms with E-state index in [1.165, 1.54) is 10.8 Å². The number of H-pyrrole nitrogens is 1. The molecule has 34 heavy (non-hydrogen) atoms. The Balaban J connectivity index is 1.57. The van der Waals surface area contributed by atoms with Crippen molar-refractivity contribution in [1.82, 2.24) is 49.3 Å². The van der Waals surface area contributed by atoms with Gasteiger partial charge in [0.05, 0.1) is 17.7 Å². The summed E-state index contributed by atoms with van der Waals surface area (Å²) in [5, 5.41) is 19.9. The van der Waals surface area contributed by atoms with Gasteiger partial charge in [-0.2, -0.15) is 23.4 Å². The number of fused-ring (bicyclic) bond motifs is 4. The van der Waals surface area contributed by atoms with Crippen LogP contribution in [-0.4, -0.2) is 49.3 Å². The first-order valence-electron chi connectivity index (χ1n) is 10.4. The van der Waals surface area contributed by atoms with E-state index in [1.807, 2.05) is 20.2 Å². The van der Waals surface area contributed by atoms with E-state index in [0.717, 1.165) is 27.6 Å². The molecule has 1 aliphatic rings. The summed E-state index contributed by atoms with van der Waals surface area (Å²) < 4.78 is 50.2. The molecule has 6 rings (SSSR count). The molecule has 0 bridgehead atoms. The zero-order valence-corrected chi connectivity index (χ0v) is 18.2. The number of halogens is 3. The molecule has 1 aliphatic heterocycles. The molecule has 0 aromatic carbocycles. The maximum Gasteiger partial charge on any atom is 0.433 e. The molecular weight excluding hydrogens is 453 g/mol. The van der Waals surface area contributed by atoms with Crippen LogP contribution in [0.4, 0.5) is 13.2 Å². The molecule has 5 aromatic heterocycles. The fraction of sp³-hybridized carbons (Fsp3) is 0.300. The fourth-order valence-corrected chi connectivity index (χ4v) is 4.29. The monoisotopic (exact) mass is 470 g/mol. The van der Waals surface area contributed by atoms with Gasteiger partial charge < -0.3 is 4.74 Å². The summed E-state index contributed by atoms with van der Waals surface area (Å²) in [5.74, 6) is 0.354. The topological polar surface area (TPSA) is 117 Å². The number of ether oxygens (including phenoxy) is 1. The summed E-state index contributed by atoms with van der Waals surface area (Å²) in [7, 11) is 1.81. The molecule has 11 nitrogen and oxygen atoms in total. The molecule has 5 aromatic rings. The van der Waals surface area contributed by atoms with Crippen molar-refractivity contribution >= 4 is 5.65 Å². The van der Waals surface area contributed by atoms with E-state index in [2.05, 4.69) is 35.5 Å². The Morgan fingerprint density at radius 1 is 1.18 bits per heavy atom. The number of nitrogens with zero attached hydrogens (tertiary/aromatic N) is 9. The Morgan fingerprint density at radius 3 is 2.68 bits per heavy atom. The van der Waals surface area contributed by atoms with Gasteiger partial charge in [0.2, 0.25) is 17.6 Å². The van der Waals surface area contributed by atoms with E-state index in [-0.39, 0.29) is 29.9 Å². The lowest BCUT2D eigenvalue weighted by Gasteiger charge is -2.24. The number of rotatable bonds is 3. The molecule has 0 saturated heterocycles. The number of hydrogen-bond donors (Lipinski definition) is 1. The van der Waals surface area contributed by atoms with Gasteiger partial charge in [-0.15, -0.1) is 10.2 Å². The van der Waals surface area contributed by atoms with Gasteiger partial charge in [0.1, 0.15) is 17.7 Å². The predicted molar refractivity (Wildman–Crippen MR) is 110 cm³/mol. The van der Waals surface area contributed by atoms with Crippen LogP contribution in [-0.2, 0) is 19.8 Å². The van der Waals surface area contributed by atoms with E-state index in [9.17, 15) is 13.2 Å². The molecule has 0 amide bonds. The number of aromatic amines is 1. The van der Waals surface area contributed by atoms with Crippen LogP contribution in [0.15, 0.2) is 24.8 Å². The average molecular weight is 470 g/mol. The number of nitrogens with one attached hydrogen (secondary N) is 1. The normalized spacial score (nSPS) is 15.4. The molecule has 0 radical (unpaired) electrons. The van der Waals surface area contributed by atoms with Crippen LogP contribution >= 0.6 is 0 Å². The quantitative estimate of drug-likeness (QED) is 0.422. The molecule has 14 heteroatoms. The van der Waals surface area contributed by atoms with E-state index in [0.29, 0.717) is 17.1 Å². The fourth-order valence-electron chi connectivity index (χ4n) is 4.29. The predicted octanol–water partition coefficient (Wildman–Crippen LogP) is 3.08. The van der Waals surface area contributed by atoms with Crippen LogP contribution in [0.2, 0.25) is 0 Å². The summed E-state index contributed by atoms with van der Waals surface area (Å²) in [6.07, 6.45) is 0.455. The third-order valence-corrected chi connectivity index (χ3v) is 5.77. The van der Waals surface area contributed by atoms with E-state index < -0.39 is 11.9 Å². The highest BCUT2D eigenvalue weighted by Crippen LogP contribution is 2.48. The first-order valence-corrected chi connectivity index (χ1v) is 10.4. The minimum atomic E-state index is -4.55. The minimum absolute atomic E-state index is 0.0152. The summed E-state index contributed by atoms with van der Waals surface area (Å²) in [4.78, 5) is 8.94. The lowest BCUT2D eigenvalue weighted by Crippen LogP contribution is -2.14. The first-order chi connectivity index (χ1) is 16.2. The second-order valence-electron chi connectivity index (χ2n) is 7.95. The Kier molecular flexibility index (Phi) is 4.13. The highest BCUT2D eigenvalue weighted by molar-refractivity contribution is 5.67. The minimum Gasteiger partial charge on any atom is -0.418 e. The summed E-state index contributed by atoms with van der Waals surface area (Å²) in [6, 6.07) is 0.950. The van der Waals surface area contributed by atoms with Gasteiger partial charge in [-0.3, -0.25) is 14.5 Å².